The molecule has 0 saturated heterocycles. The first-order valence-corrected chi connectivity index (χ1v) is 5.28. The van der Waals surface area contributed by atoms with Crippen LogP contribution in [0.3, 0.4) is 0 Å². The zero-order valence-corrected chi connectivity index (χ0v) is 8.96. The number of esters is 1. The van der Waals surface area contributed by atoms with Crippen molar-refractivity contribution in [2.45, 2.75) is 12.5 Å². The van der Waals surface area contributed by atoms with Gasteiger partial charge in [-0.2, -0.15) is 0 Å². The lowest BCUT2D eigenvalue weighted by molar-refractivity contribution is 0.0387. The number of benzene rings is 1. The minimum atomic E-state index is -0.252. The highest BCUT2D eigenvalue weighted by molar-refractivity contribution is 6.19. The molecule has 0 bridgehead atoms. The van der Waals surface area contributed by atoms with Crippen LogP contribution in [0.4, 0.5) is 0 Å². The van der Waals surface area contributed by atoms with Crippen LogP contribution in [0, 0.1) is 0 Å². The van der Waals surface area contributed by atoms with Gasteiger partial charge in [0.15, 0.2) is 0 Å². The Hall–Kier alpha value is -1.28. The van der Waals surface area contributed by atoms with Gasteiger partial charge < -0.3 is 4.74 Å². The van der Waals surface area contributed by atoms with Crippen LogP contribution in [0.5, 0.6) is 0 Å². The summed E-state index contributed by atoms with van der Waals surface area (Å²) in [6, 6.07) is 7.42. The number of fused-ring (bicyclic) bond motifs is 1. The summed E-state index contributed by atoms with van der Waals surface area (Å²) < 4.78 is 5.25. The lowest BCUT2D eigenvalue weighted by atomic mass is 10.0. The SMILES string of the molecule is C=C(CCl)CC1OC(=O)c2ccccc21. The van der Waals surface area contributed by atoms with E-state index in [1.807, 2.05) is 18.2 Å². The summed E-state index contributed by atoms with van der Waals surface area (Å²) in [7, 11) is 0. The van der Waals surface area contributed by atoms with Crippen LogP contribution in [0.25, 0.3) is 0 Å². The molecule has 0 amide bonds. The number of cyclic esters (lactones) is 1. The normalized spacial score (nSPS) is 18.5. The van der Waals surface area contributed by atoms with Crippen LogP contribution < -0.4 is 0 Å². The number of carbonyl (C=O) groups is 1. The van der Waals surface area contributed by atoms with Crippen LogP contribution in [-0.4, -0.2) is 11.8 Å². The van der Waals surface area contributed by atoms with Crippen molar-refractivity contribution in [2.75, 3.05) is 5.88 Å². The maximum absolute atomic E-state index is 11.5. The van der Waals surface area contributed by atoms with Gasteiger partial charge in [0.25, 0.3) is 0 Å². The molecular weight excluding hydrogens is 212 g/mol. The van der Waals surface area contributed by atoms with Gasteiger partial charge in [-0.05, 0) is 6.07 Å². The van der Waals surface area contributed by atoms with Crippen molar-refractivity contribution in [3.8, 4) is 0 Å². The van der Waals surface area contributed by atoms with Crippen LogP contribution in [0.2, 0.25) is 0 Å². The molecule has 1 aliphatic heterocycles. The van der Waals surface area contributed by atoms with Crippen molar-refractivity contribution >= 4 is 17.6 Å². The second kappa shape index (κ2) is 4.07. The maximum Gasteiger partial charge on any atom is 0.339 e. The first kappa shape index (κ1) is 10.2. The highest BCUT2D eigenvalue weighted by Crippen LogP contribution is 2.34. The monoisotopic (exact) mass is 222 g/mol. The second-order valence-corrected chi connectivity index (χ2v) is 3.84. The van der Waals surface area contributed by atoms with Crippen LogP contribution in [0.15, 0.2) is 36.4 Å². The lowest BCUT2D eigenvalue weighted by Crippen LogP contribution is -2.00. The fourth-order valence-corrected chi connectivity index (χ4v) is 1.80. The van der Waals surface area contributed by atoms with Crippen LogP contribution >= 0.6 is 11.6 Å². The summed E-state index contributed by atoms with van der Waals surface area (Å²) in [6.07, 6.45) is 0.395. The lowest BCUT2D eigenvalue weighted by Gasteiger charge is -2.10. The summed E-state index contributed by atoms with van der Waals surface area (Å²) >= 11 is 5.65. The van der Waals surface area contributed by atoms with Gasteiger partial charge in [-0.1, -0.05) is 30.4 Å². The molecule has 0 aliphatic carbocycles. The van der Waals surface area contributed by atoms with Gasteiger partial charge in [0.05, 0.1) is 5.56 Å². The molecule has 0 N–H and O–H groups in total. The van der Waals surface area contributed by atoms with Gasteiger partial charge in [-0.25, -0.2) is 4.79 Å². The Labute approximate surface area is 93.5 Å². The number of ether oxygens (including phenoxy) is 1. The highest BCUT2D eigenvalue weighted by atomic mass is 35.5. The molecule has 2 rings (SSSR count). The molecule has 1 unspecified atom stereocenters. The summed E-state index contributed by atoms with van der Waals surface area (Å²) in [6.45, 7) is 3.81. The minimum Gasteiger partial charge on any atom is -0.454 e. The second-order valence-electron chi connectivity index (χ2n) is 3.57. The first-order chi connectivity index (χ1) is 7.22. The smallest absolute Gasteiger partial charge is 0.339 e. The Morgan fingerprint density at radius 2 is 2.20 bits per heavy atom. The summed E-state index contributed by atoms with van der Waals surface area (Å²) in [5, 5.41) is 0. The van der Waals surface area contributed by atoms with E-state index < -0.39 is 0 Å². The molecule has 1 aromatic rings. The first-order valence-electron chi connectivity index (χ1n) is 4.75. The Kier molecular flexibility index (Phi) is 2.78. The largest absolute Gasteiger partial charge is 0.454 e. The zero-order valence-electron chi connectivity index (χ0n) is 8.20. The van der Waals surface area contributed by atoms with Gasteiger partial charge in [0.2, 0.25) is 0 Å². The van der Waals surface area contributed by atoms with E-state index in [-0.39, 0.29) is 12.1 Å². The number of hydrogen-bond acceptors (Lipinski definition) is 2. The van der Waals surface area contributed by atoms with Crippen molar-refractivity contribution in [1.82, 2.24) is 0 Å². The average molecular weight is 223 g/mol. The Morgan fingerprint density at radius 1 is 1.47 bits per heavy atom. The van der Waals surface area contributed by atoms with E-state index >= 15 is 0 Å². The molecule has 0 aromatic heterocycles. The van der Waals surface area contributed by atoms with E-state index in [9.17, 15) is 4.79 Å². The van der Waals surface area contributed by atoms with E-state index in [1.54, 1.807) is 6.07 Å². The Morgan fingerprint density at radius 3 is 2.93 bits per heavy atom. The number of hydrogen-bond donors (Lipinski definition) is 0. The summed E-state index contributed by atoms with van der Waals surface area (Å²) in [5.74, 6) is 0.147. The summed E-state index contributed by atoms with van der Waals surface area (Å²) in [5.41, 5.74) is 2.48. The molecule has 0 spiro atoms. The minimum absolute atomic E-state index is 0.208. The molecule has 0 saturated carbocycles. The van der Waals surface area contributed by atoms with Crippen molar-refractivity contribution in [3.63, 3.8) is 0 Å². The topological polar surface area (TPSA) is 26.3 Å². The average Bonchev–Trinajstić information content (AvgIpc) is 2.57. The van der Waals surface area contributed by atoms with E-state index in [4.69, 9.17) is 16.3 Å². The molecule has 1 aliphatic rings. The predicted molar refractivity (Wildman–Crippen MR) is 59.1 cm³/mol. The van der Waals surface area contributed by atoms with E-state index in [0.717, 1.165) is 11.1 Å². The fraction of sp³-hybridized carbons (Fsp3) is 0.250. The van der Waals surface area contributed by atoms with Crippen molar-refractivity contribution < 1.29 is 9.53 Å². The molecule has 0 fully saturated rings. The van der Waals surface area contributed by atoms with Crippen molar-refractivity contribution in [3.05, 3.63) is 47.5 Å². The van der Waals surface area contributed by atoms with E-state index in [1.165, 1.54) is 0 Å². The van der Waals surface area contributed by atoms with E-state index in [2.05, 4.69) is 6.58 Å². The van der Waals surface area contributed by atoms with Gasteiger partial charge >= 0.3 is 5.97 Å². The Balaban J connectivity index is 2.25. The third kappa shape index (κ3) is 1.90. The molecular formula is C12H11ClO2. The van der Waals surface area contributed by atoms with Crippen molar-refractivity contribution in [2.24, 2.45) is 0 Å². The van der Waals surface area contributed by atoms with Gasteiger partial charge in [-0.3, -0.25) is 0 Å². The Bertz CT molecular complexity index is 412. The quantitative estimate of drug-likeness (QED) is 0.446. The van der Waals surface area contributed by atoms with Crippen LogP contribution in [-0.2, 0) is 4.74 Å². The molecule has 1 atom stereocenters. The third-order valence-electron chi connectivity index (χ3n) is 2.44. The van der Waals surface area contributed by atoms with Gasteiger partial charge in [0.1, 0.15) is 6.10 Å². The molecule has 1 aromatic carbocycles. The van der Waals surface area contributed by atoms with Gasteiger partial charge in [-0.15, -0.1) is 11.6 Å². The van der Waals surface area contributed by atoms with E-state index in [0.29, 0.717) is 17.9 Å². The number of halogens is 1. The standard InChI is InChI=1S/C12H11ClO2/c1-8(7-13)6-11-9-4-2-3-5-10(9)12(14)15-11/h2-5,11H,1,6-7H2. The molecule has 0 radical (unpaired) electrons. The molecule has 15 heavy (non-hydrogen) atoms. The molecule has 1 heterocycles. The highest BCUT2D eigenvalue weighted by Gasteiger charge is 2.30. The number of carbonyl (C=O) groups excluding carboxylic acids is 1. The molecule has 3 heteroatoms. The number of rotatable bonds is 3. The summed E-state index contributed by atoms with van der Waals surface area (Å²) in [4.78, 5) is 11.5. The molecule has 2 nitrogen and oxygen atoms in total. The fourth-order valence-electron chi connectivity index (χ4n) is 1.69. The van der Waals surface area contributed by atoms with Crippen molar-refractivity contribution in [1.29, 1.82) is 0 Å². The van der Waals surface area contributed by atoms with Gasteiger partial charge in [0, 0.05) is 17.9 Å². The zero-order chi connectivity index (χ0) is 10.8. The maximum atomic E-state index is 11.5. The number of alkyl halides is 1. The third-order valence-corrected chi connectivity index (χ3v) is 2.82. The van der Waals surface area contributed by atoms with Crippen LogP contribution in [0.1, 0.15) is 28.4 Å². The molecule has 78 valence electrons. The predicted octanol–water partition coefficient (Wildman–Crippen LogP) is 3.08.